The Morgan fingerprint density at radius 1 is 1.08 bits per heavy atom. The van der Waals surface area contributed by atoms with Gasteiger partial charge in [-0.25, -0.2) is 4.79 Å². The van der Waals surface area contributed by atoms with Crippen LogP contribution in [0.2, 0.25) is 0 Å². The molecule has 0 aliphatic rings. The number of amides is 2. The normalized spacial score (nSPS) is 15.4. The minimum absolute atomic E-state index is 0.00204. The van der Waals surface area contributed by atoms with Gasteiger partial charge in [-0.3, -0.25) is 9.59 Å². The molecule has 0 bridgehead atoms. The van der Waals surface area contributed by atoms with Gasteiger partial charge in [0, 0.05) is 0 Å². The van der Waals surface area contributed by atoms with Gasteiger partial charge in [-0.05, 0) is 18.3 Å². The van der Waals surface area contributed by atoms with Gasteiger partial charge in [0.25, 0.3) is 0 Å². The zero-order valence-electron chi connectivity index (χ0n) is 14.5. The molecule has 0 aromatic carbocycles. The fourth-order valence-electron chi connectivity index (χ4n) is 1.99. The second-order valence-corrected chi connectivity index (χ2v) is 6.05. The van der Waals surface area contributed by atoms with Crippen LogP contribution >= 0.6 is 0 Å². The van der Waals surface area contributed by atoms with E-state index in [0.29, 0.717) is 6.42 Å². The predicted molar refractivity (Wildman–Crippen MR) is 80.8 cm³/mol. The topological polar surface area (TPSA) is 84.5 Å². The van der Waals surface area contributed by atoms with Crippen molar-refractivity contribution < 1.29 is 32.3 Å². The van der Waals surface area contributed by atoms with Crippen LogP contribution < -0.4 is 10.6 Å². The van der Waals surface area contributed by atoms with Gasteiger partial charge in [-0.2, -0.15) is 13.2 Å². The first-order chi connectivity index (χ1) is 10.9. The van der Waals surface area contributed by atoms with Crippen molar-refractivity contribution in [3.05, 3.63) is 0 Å². The summed E-state index contributed by atoms with van der Waals surface area (Å²) in [5.74, 6) is -4.16. The van der Waals surface area contributed by atoms with Gasteiger partial charge >= 0.3 is 18.1 Å². The molecular weight excluding hydrogens is 329 g/mol. The maximum Gasteiger partial charge on any atom is 0.471 e. The second-order valence-electron chi connectivity index (χ2n) is 6.05. The molecule has 0 aliphatic carbocycles. The van der Waals surface area contributed by atoms with Gasteiger partial charge in [0.1, 0.15) is 12.1 Å². The number of esters is 1. The van der Waals surface area contributed by atoms with Crippen molar-refractivity contribution >= 4 is 17.8 Å². The molecule has 0 aromatic rings. The fourth-order valence-corrected chi connectivity index (χ4v) is 1.99. The van der Waals surface area contributed by atoms with Crippen molar-refractivity contribution in [3.8, 4) is 0 Å². The largest absolute Gasteiger partial charge is 0.471 e. The van der Waals surface area contributed by atoms with Gasteiger partial charge in [-0.1, -0.05) is 34.1 Å². The molecule has 0 radical (unpaired) electrons. The Labute approximate surface area is 139 Å². The average Bonchev–Trinajstić information content (AvgIpc) is 2.48. The molecule has 2 amide bonds. The maximum atomic E-state index is 12.4. The first-order valence-electron chi connectivity index (χ1n) is 7.69. The molecule has 0 fully saturated rings. The van der Waals surface area contributed by atoms with E-state index < -0.39 is 36.0 Å². The van der Waals surface area contributed by atoms with Crippen molar-refractivity contribution in [1.82, 2.24) is 10.6 Å². The van der Waals surface area contributed by atoms with Crippen molar-refractivity contribution in [2.24, 2.45) is 11.8 Å². The quantitative estimate of drug-likeness (QED) is 0.651. The van der Waals surface area contributed by atoms with Crippen LogP contribution in [0.3, 0.4) is 0 Å². The van der Waals surface area contributed by atoms with Crippen molar-refractivity contribution in [1.29, 1.82) is 0 Å². The molecule has 0 heterocycles. The second kappa shape index (κ2) is 9.48. The highest BCUT2D eigenvalue weighted by atomic mass is 19.4. The summed E-state index contributed by atoms with van der Waals surface area (Å²) in [5.41, 5.74) is 0. The van der Waals surface area contributed by atoms with E-state index in [1.807, 2.05) is 0 Å². The third kappa shape index (κ3) is 7.18. The summed E-state index contributed by atoms with van der Waals surface area (Å²) in [6.07, 6.45) is -4.54. The van der Waals surface area contributed by atoms with Crippen molar-refractivity contribution in [3.63, 3.8) is 0 Å². The lowest BCUT2D eigenvalue weighted by atomic mass is 9.97. The van der Waals surface area contributed by atoms with E-state index in [9.17, 15) is 27.6 Å². The monoisotopic (exact) mass is 354 g/mol. The van der Waals surface area contributed by atoms with Crippen LogP contribution in [0.1, 0.15) is 40.5 Å². The van der Waals surface area contributed by atoms with Gasteiger partial charge in [0.2, 0.25) is 5.91 Å². The molecular formula is C15H25F3N2O4. The molecule has 0 unspecified atom stereocenters. The van der Waals surface area contributed by atoms with Crippen LogP contribution in [-0.2, 0) is 19.1 Å². The van der Waals surface area contributed by atoms with Crippen LogP contribution in [0.4, 0.5) is 13.2 Å². The number of nitrogens with one attached hydrogen (secondary N) is 2. The maximum absolute atomic E-state index is 12.4. The molecule has 6 nitrogen and oxygen atoms in total. The summed E-state index contributed by atoms with van der Waals surface area (Å²) < 4.78 is 41.9. The summed E-state index contributed by atoms with van der Waals surface area (Å²) in [6, 6.07) is -2.39. The number of carbonyl (C=O) groups excluding carboxylic acids is 3. The van der Waals surface area contributed by atoms with E-state index in [1.165, 1.54) is 0 Å². The van der Waals surface area contributed by atoms with Gasteiger partial charge in [0.05, 0.1) is 7.11 Å². The molecule has 2 N–H and O–H groups in total. The number of carbonyl (C=O) groups is 3. The minimum atomic E-state index is -5.09. The van der Waals surface area contributed by atoms with Gasteiger partial charge in [-0.15, -0.1) is 0 Å². The van der Waals surface area contributed by atoms with Gasteiger partial charge < -0.3 is 15.4 Å². The number of alkyl halides is 3. The summed E-state index contributed by atoms with van der Waals surface area (Å²) in [4.78, 5) is 35.2. The molecule has 0 rings (SSSR count). The van der Waals surface area contributed by atoms with Crippen molar-refractivity contribution in [2.75, 3.05) is 7.11 Å². The first kappa shape index (κ1) is 22.2. The van der Waals surface area contributed by atoms with Crippen LogP contribution in [0.15, 0.2) is 0 Å². The Morgan fingerprint density at radius 2 is 1.62 bits per heavy atom. The SMILES string of the molecule is CC[C@H](C)[C@H](NC(=O)[C@H](CC(C)C)NC(=O)C(F)(F)F)C(=O)OC. The Balaban J connectivity index is 5.22. The Morgan fingerprint density at radius 3 is 2.00 bits per heavy atom. The number of ether oxygens (including phenoxy) is 1. The van der Waals surface area contributed by atoms with E-state index >= 15 is 0 Å². The summed E-state index contributed by atoms with van der Waals surface area (Å²) in [5, 5.41) is 4.06. The van der Waals surface area contributed by atoms with E-state index in [0.717, 1.165) is 7.11 Å². The van der Waals surface area contributed by atoms with Gasteiger partial charge in [0.15, 0.2) is 0 Å². The molecule has 0 saturated carbocycles. The molecule has 9 heteroatoms. The lowest BCUT2D eigenvalue weighted by molar-refractivity contribution is -0.175. The third-order valence-electron chi connectivity index (χ3n) is 3.55. The number of rotatable bonds is 8. The minimum Gasteiger partial charge on any atom is -0.467 e. The summed E-state index contributed by atoms with van der Waals surface area (Å²) in [7, 11) is 1.15. The lowest BCUT2D eigenvalue weighted by Gasteiger charge is -2.26. The molecule has 3 atom stereocenters. The number of hydrogen-bond donors (Lipinski definition) is 2. The summed E-state index contributed by atoms with van der Waals surface area (Å²) >= 11 is 0. The zero-order chi connectivity index (χ0) is 19.1. The zero-order valence-corrected chi connectivity index (χ0v) is 14.5. The molecule has 0 aliphatic heterocycles. The smallest absolute Gasteiger partial charge is 0.467 e. The molecule has 24 heavy (non-hydrogen) atoms. The van der Waals surface area contributed by atoms with Crippen LogP contribution in [0.25, 0.3) is 0 Å². The highest BCUT2D eigenvalue weighted by Crippen LogP contribution is 2.16. The predicted octanol–water partition coefficient (Wildman–Crippen LogP) is 1.78. The average molecular weight is 354 g/mol. The van der Waals surface area contributed by atoms with Crippen LogP contribution in [0, 0.1) is 11.8 Å². The molecule has 0 aromatic heterocycles. The van der Waals surface area contributed by atoms with Crippen molar-refractivity contribution in [2.45, 2.75) is 58.8 Å². The van der Waals surface area contributed by atoms with E-state index in [4.69, 9.17) is 0 Å². The van der Waals surface area contributed by atoms with Crippen LogP contribution in [0.5, 0.6) is 0 Å². The van der Waals surface area contributed by atoms with E-state index in [-0.39, 0.29) is 18.3 Å². The number of hydrogen-bond acceptors (Lipinski definition) is 4. The molecule has 0 spiro atoms. The summed E-state index contributed by atoms with van der Waals surface area (Å²) in [6.45, 7) is 6.90. The Hall–Kier alpha value is -1.80. The standard InChI is InChI=1S/C15H25F3N2O4/c1-6-9(4)11(13(22)24-5)20-12(21)10(7-8(2)3)19-14(23)15(16,17)18/h8-11H,6-7H2,1-5H3,(H,19,23)(H,20,21)/t9-,10-,11-/m0/s1. The third-order valence-corrected chi connectivity index (χ3v) is 3.55. The molecule has 0 saturated heterocycles. The number of methoxy groups -OCH3 is 1. The van der Waals surface area contributed by atoms with E-state index in [2.05, 4.69) is 10.1 Å². The Bertz CT molecular complexity index is 452. The highest BCUT2D eigenvalue weighted by molar-refractivity contribution is 5.92. The number of halogens is 3. The van der Waals surface area contributed by atoms with E-state index in [1.54, 1.807) is 33.0 Å². The Kier molecular flexibility index (Phi) is 8.77. The lowest BCUT2D eigenvalue weighted by Crippen LogP contribution is -2.55. The fraction of sp³-hybridized carbons (Fsp3) is 0.800. The van der Waals surface area contributed by atoms with Crippen LogP contribution in [-0.4, -0.2) is 43.2 Å². The first-order valence-corrected chi connectivity index (χ1v) is 7.69. The highest BCUT2D eigenvalue weighted by Gasteiger charge is 2.41. The molecule has 140 valence electrons.